The fourth-order valence-corrected chi connectivity index (χ4v) is 2.22. The van der Waals surface area contributed by atoms with Gasteiger partial charge >= 0.3 is 6.18 Å². The number of nitrogens with two attached hydrogens (primary N) is 1. The Morgan fingerprint density at radius 1 is 1.29 bits per heavy atom. The molecule has 1 rings (SSSR count). The summed E-state index contributed by atoms with van der Waals surface area (Å²) >= 11 is 0. The zero-order valence-corrected chi connectivity index (χ0v) is 10.1. The van der Waals surface area contributed by atoms with Crippen LogP contribution in [0.2, 0.25) is 0 Å². The van der Waals surface area contributed by atoms with Crippen molar-refractivity contribution in [2.24, 2.45) is 5.73 Å². The second kappa shape index (κ2) is 5.64. The first-order chi connectivity index (χ1) is 7.84. The highest BCUT2D eigenvalue weighted by molar-refractivity contribution is 7.84. The largest absolute Gasteiger partial charge is 0.416 e. The van der Waals surface area contributed by atoms with Gasteiger partial charge in [-0.3, -0.25) is 4.21 Å². The fraction of sp³-hybridized carbons (Fsp3) is 0.455. The van der Waals surface area contributed by atoms with Gasteiger partial charge in [0.25, 0.3) is 0 Å². The molecule has 0 aliphatic rings. The number of halogens is 3. The Balaban J connectivity index is 2.73. The highest BCUT2D eigenvalue weighted by atomic mass is 32.2. The predicted octanol–water partition coefficient (Wildman–Crippen LogP) is 2.30. The van der Waals surface area contributed by atoms with Crippen molar-refractivity contribution in [2.75, 3.05) is 6.54 Å². The van der Waals surface area contributed by atoms with Gasteiger partial charge in [0, 0.05) is 28.3 Å². The van der Waals surface area contributed by atoms with Gasteiger partial charge in [-0.05, 0) is 24.6 Å². The maximum absolute atomic E-state index is 12.3. The van der Waals surface area contributed by atoms with E-state index in [0.717, 1.165) is 12.1 Å². The van der Waals surface area contributed by atoms with Crippen molar-refractivity contribution in [2.45, 2.75) is 24.1 Å². The molecule has 2 atom stereocenters. The van der Waals surface area contributed by atoms with Crippen LogP contribution in [0, 0.1) is 0 Å². The van der Waals surface area contributed by atoms with Gasteiger partial charge < -0.3 is 5.73 Å². The van der Waals surface area contributed by atoms with Crippen molar-refractivity contribution in [3.05, 3.63) is 35.4 Å². The third kappa shape index (κ3) is 4.12. The molecule has 0 spiro atoms. The smallest absolute Gasteiger partial charge is 0.329 e. The van der Waals surface area contributed by atoms with Crippen molar-refractivity contribution in [3.63, 3.8) is 0 Å². The van der Waals surface area contributed by atoms with Crippen LogP contribution in [0.4, 0.5) is 13.2 Å². The van der Waals surface area contributed by atoms with Gasteiger partial charge in [0.1, 0.15) is 0 Å². The van der Waals surface area contributed by atoms with Crippen LogP contribution >= 0.6 is 0 Å². The number of hydrogen-bond acceptors (Lipinski definition) is 2. The Bertz CT molecular complexity index is 389. The quantitative estimate of drug-likeness (QED) is 0.907. The van der Waals surface area contributed by atoms with Gasteiger partial charge in [-0.15, -0.1) is 0 Å². The monoisotopic (exact) mass is 265 g/mol. The molecule has 2 unspecified atom stereocenters. The van der Waals surface area contributed by atoms with Crippen molar-refractivity contribution >= 4 is 10.8 Å². The molecule has 1 aromatic rings. The minimum atomic E-state index is -4.33. The molecule has 17 heavy (non-hydrogen) atoms. The van der Waals surface area contributed by atoms with Crippen LogP contribution in [-0.4, -0.2) is 16.0 Å². The number of hydrogen-bond donors (Lipinski definition) is 1. The third-order valence-corrected chi connectivity index (χ3v) is 4.08. The summed E-state index contributed by atoms with van der Waals surface area (Å²) in [5.41, 5.74) is 5.29. The van der Waals surface area contributed by atoms with E-state index in [9.17, 15) is 17.4 Å². The molecular weight excluding hydrogens is 251 g/mol. The normalized spacial score (nSPS) is 15.6. The summed E-state index contributed by atoms with van der Waals surface area (Å²) in [6.07, 6.45) is -4.33. The fourth-order valence-electron chi connectivity index (χ4n) is 1.20. The van der Waals surface area contributed by atoms with E-state index in [2.05, 4.69) is 0 Å². The first-order valence-electron chi connectivity index (χ1n) is 5.08. The summed E-state index contributed by atoms with van der Waals surface area (Å²) in [4.78, 5) is 0. The van der Waals surface area contributed by atoms with E-state index in [-0.39, 0.29) is 11.0 Å². The van der Waals surface area contributed by atoms with E-state index in [1.54, 1.807) is 6.92 Å². The Hall–Kier alpha value is -0.880. The average Bonchev–Trinajstić information content (AvgIpc) is 2.27. The molecule has 1 aromatic carbocycles. The first kappa shape index (κ1) is 14.2. The maximum Gasteiger partial charge on any atom is 0.416 e. The average molecular weight is 265 g/mol. The standard InChI is InChI=1S/C11H14F3NOS/c1-8(6-15)17(16)7-9-2-4-10(5-3-9)11(12,13)14/h2-5,8H,6-7,15H2,1H3. The topological polar surface area (TPSA) is 43.1 Å². The van der Waals surface area contributed by atoms with Crippen LogP contribution in [0.3, 0.4) is 0 Å². The van der Waals surface area contributed by atoms with E-state index >= 15 is 0 Å². The summed E-state index contributed by atoms with van der Waals surface area (Å²) in [5.74, 6) is 0.233. The molecule has 2 N–H and O–H groups in total. The van der Waals surface area contributed by atoms with Gasteiger partial charge in [0.2, 0.25) is 0 Å². The molecule has 0 bridgehead atoms. The zero-order chi connectivity index (χ0) is 13.1. The van der Waals surface area contributed by atoms with Crippen LogP contribution in [0.25, 0.3) is 0 Å². The van der Waals surface area contributed by atoms with Crippen LogP contribution < -0.4 is 5.73 Å². The minimum absolute atomic E-state index is 0.155. The first-order valence-corrected chi connectivity index (χ1v) is 6.46. The van der Waals surface area contributed by atoms with Crippen LogP contribution in [-0.2, 0) is 22.7 Å². The lowest BCUT2D eigenvalue weighted by atomic mass is 10.1. The molecule has 0 aliphatic carbocycles. The van der Waals surface area contributed by atoms with Crippen molar-refractivity contribution in [3.8, 4) is 0 Å². The van der Waals surface area contributed by atoms with E-state index in [1.165, 1.54) is 12.1 Å². The second-order valence-electron chi connectivity index (χ2n) is 3.77. The van der Waals surface area contributed by atoms with Crippen LogP contribution in [0.1, 0.15) is 18.1 Å². The molecule has 0 saturated carbocycles. The predicted molar refractivity (Wildman–Crippen MR) is 61.8 cm³/mol. The van der Waals surface area contributed by atoms with Gasteiger partial charge in [-0.1, -0.05) is 12.1 Å². The van der Waals surface area contributed by atoms with E-state index < -0.39 is 22.5 Å². The lowest BCUT2D eigenvalue weighted by Gasteiger charge is -2.10. The number of alkyl halides is 3. The van der Waals surface area contributed by atoms with Gasteiger partial charge in [0.05, 0.1) is 5.56 Å². The van der Waals surface area contributed by atoms with Crippen LogP contribution in [0.15, 0.2) is 24.3 Å². The van der Waals surface area contributed by atoms with Gasteiger partial charge in [0.15, 0.2) is 0 Å². The molecule has 0 aromatic heterocycles. The van der Waals surface area contributed by atoms with E-state index in [0.29, 0.717) is 12.1 Å². The Morgan fingerprint density at radius 2 is 1.82 bits per heavy atom. The number of benzene rings is 1. The molecule has 96 valence electrons. The van der Waals surface area contributed by atoms with Crippen molar-refractivity contribution in [1.29, 1.82) is 0 Å². The molecule has 0 radical (unpaired) electrons. The molecule has 6 heteroatoms. The lowest BCUT2D eigenvalue weighted by molar-refractivity contribution is -0.137. The molecule has 0 saturated heterocycles. The number of rotatable bonds is 4. The second-order valence-corrected chi connectivity index (χ2v) is 5.62. The summed E-state index contributed by atoms with van der Waals surface area (Å²) in [5, 5.41) is -0.155. The third-order valence-electron chi connectivity index (χ3n) is 2.37. The summed E-state index contributed by atoms with van der Waals surface area (Å²) < 4.78 is 48.5. The molecule has 2 nitrogen and oxygen atoms in total. The van der Waals surface area contributed by atoms with Gasteiger partial charge in [-0.25, -0.2) is 0 Å². The Kier molecular flexibility index (Phi) is 4.70. The molecular formula is C11H14F3NOS. The van der Waals surface area contributed by atoms with Crippen LogP contribution in [0.5, 0.6) is 0 Å². The van der Waals surface area contributed by atoms with Crippen molar-refractivity contribution in [1.82, 2.24) is 0 Å². The van der Waals surface area contributed by atoms with Crippen molar-refractivity contribution < 1.29 is 17.4 Å². The molecule has 0 heterocycles. The van der Waals surface area contributed by atoms with E-state index in [1.807, 2.05) is 0 Å². The zero-order valence-electron chi connectivity index (χ0n) is 9.33. The molecule has 0 fully saturated rings. The summed E-state index contributed by atoms with van der Waals surface area (Å²) in [6.45, 7) is 2.05. The highest BCUT2D eigenvalue weighted by Crippen LogP contribution is 2.29. The molecule has 0 amide bonds. The SMILES string of the molecule is CC(CN)S(=O)Cc1ccc(C(F)(F)F)cc1. The minimum Gasteiger partial charge on any atom is -0.329 e. The van der Waals surface area contributed by atoms with Gasteiger partial charge in [-0.2, -0.15) is 13.2 Å². The lowest BCUT2D eigenvalue weighted by Crippen LogP contribution is -2.22. The van der Waals surface area contributed by atoms with E-state index in [4.69, 9.17) is 5.73 Å². The molecule has 0 aliphatic heterocycles. The highest BCUT2D eigenvalue weighted by Gasteiger charge is 2.29. The Labute approximate surface area is 100 Å². The summed E-state index contributed by atoms with van der Waals surface area (Å²) in [6, 6.07) is 4.70. The summed E-state index contributed by atoms with van der Waals surface area (Å²) in [7, 11) is -1.15. The Morgan fingerprint density at radius 3 is 2.24 bits per heavy atom. The maximum atomic E-state index is 12.3.